The summed E-state index contributed by atoms with van der Waals surface area (Å²) in [6.45, 7) is 3.85. The highest BCUT2D eigenvalue weighted by atomic mass is 19.1. The summed E-state index contributed by atoms with van der Waals surface area (Å²) >= 11 is 0. The molecule has 3 heteroatoms. The Hall–Kier alpha value is -1.38. The molecular weight excluding hydrogens is 195 g/mol. The zero-order chi connectivity index (χ0) is 11.4. The number of methoxy groups -OCH3 is 1. The Bertz CT molecular complexity index is 359. The van der Waals surface area contributed by atoms with Crippen LogP contribution in [0.4, 0.5) is 4.39 Å². The van der Waals surface area contributed by atoms with Crippen LogP contribution in [0.1, 0.15) is 30.6 Å². The molecule has 0 aliphatic carbocycles. The first kappa shape index (κ1) is 11.7. The zero-order valence-corrected chi connectivity index (χ0v) is 9.21. The van der Waals surface area contributed by atoms with Crippen molar-refractivity contribution in [2.45, 2.75) is 20.3 Å². The third-order valence-corrected chi connectivity index (χ3v) is 2.07. The summed E-state index contributed by atoms with van der Waals surface area (Å²) in [7, 11) is 1.49. The van der Waals surface area contributed by atoms with Crippen LogP contribution in [0.25, 0.3) is 0 Å². The van der Waals surface area contributed by atoms with Gasteiger partial charge in [0.15, 0.2) is 5.78 Å². The lowest BCUT2D eigenvalue weighted by Gasteiger charge is -2.07. The molecule has 0 amide bonds. The van der Waals surface area contributed by atoms with Crippen LogP contribution in [0.2, 0.25) is 0 Å². The first-order valence-corrected chi connectivity index (χ1v) is 4.91. The van der Waals surface area contributed by atoms with Gasteiger partial charge < -0.3 is 4.74 Å². The van der Waals surface area contributed by atoms with Gasteiger partial charge in [-0.1, -0.05) is 13.8 Å². The van der Waals surface area contributed by atoms with Gasteiger partial charge in [0.05, 0.1) is 12.7 Å². The molecule has 0 unspecified atom stereocenters. The van der Waals surface area contributed by atoms with Crippen molar-refractivity contribution in [2.24, 2.45) is 5.92 Å². The maximum Gasteiger partial charge on any atom is 0.166 e. The number of Topliss-reactive ketones (excluding diaryl/α,β-unsaturated/α-hetero) is 1. The van der Waals surface area contributed by atoms with Crippen molar-refractivity contribution in [1.82, 2.24) is 0 Å². The van der Waals surface area contributed by atoms with Crippen LogP contribution in [0.15, 0.2) is 18.2 Å². The number of benzene rings is 1. The Labute approximate surface area is 89.1 Å². The van der Waals surface area contributed by atoms with E-state index in [0.29, 0.717) is 12.2 Å². The summed E-state index contributed by atoms with van der Waals surface area (Å²) in [5.74, 6) is 0.0643. The molecule has 0 N–H and O–H groups in total. The van der Waals surface area contributed by atoms with E-state index in [1.165, 1.54) is 25.3 Å². The van der Waals surface area contributed by atoms with Gasteiger partial charge in [-0.3, -0.25) is 4.79 Å². The van der Waals surface area contributed by atoms with Crippen LogP contribution in [-0.2, 0) is 0 Å². The molecule has 0 aliphatic rings. The summed E-state index contributed by atoms with van der Waals surface area (Å²) in [5.41, 5.74) is 0.114. The number of carbonyl (C=O) groups is 1. The fraction of sp³-hybridized carbons (Fsp3) is 0.417. The smallest absolute Gasteiger partial charge is 0.166 e. The van der Waals surface area contributed by atoms with E-state index in [2.05, 4.69) is 0 Å². The minimum absolute atomic E-state index is 0.114. The van der Waals surface area contributed by atoms with Crippen LogP contribution in [0.5, 0.6) is 5.75 Å². The third-order valence-electron chi connectivity index (χ3n) is 2.07. The van der Waals surface area contributed by atoms with Gasteiger partial charge in [-0.15, -0.1) is 0 Å². The average molecular weight is 210 g/mol. The molecule has 0 aliphatic heterocycles. The van der Waals surface area contributed by atoms with E-state index >= 15 is 0 Å². The maximum atomic E-state index is 13.3. The molecule has 0 spiro atoms. The van der Waals surface area contributed by atoms with Crippen LogP contribution in [0, 0.1) is 11.7 Å². The maximum absolute atomic E-state index is 13.3. The second kappa shape index (κ2) is 4.91. The monoisotopic (exact) mass is 210 g/mol. The van der Waals surface area contributed by atoms with Crippen molar-refractivity contribution in [3.8, 4) is 5.75 Å². The van der Waals surface area contributed by atoms with E-state index in [4.69, 9.17) is 4.74 Å². The third kappa shape index (κ3) is 3.05. The molecule has 1 aromatic rings. The molecule has 0 aromatic heterocycles. The highest BCUT2D eigenvalue weighted by Crippen LogP contribution is 2.19. The van der Waals surface area contributed by atoms with Gasteiger partial charge in [0.2, 0.25) is 0 Å². The van der Waals surface area contributed by atoms with Crippen molar-refractivity contribution in [2.75, 3.05) is 7.11 Å². The minimum Gasteiger partial charge on any atom is -0.497 e. The topological polar surface area (TPSA) is 26.3 Å². The van der Waals surface area contributed by atoms with Crippen LogP contribution >= 0.6 is 0 Å². The number of ketones is 1. The van der Waals surface area contributed by atoms with Crippen molar-refractivity contribution in [3.63, 3.8) is 0 Å². The second-order valence-electron chi connectivity index (χ2n) is 3.87. The summed E-state index contributed by atoms with van der Waals surface area (Å²) < 4.78 is 18.3. The predicted molar refractivity (Wildman–Crippen MR) is 56.7 cm³/mol. The van der Waals surface area contributed by atoms with Gasteiger partial charge in [-0.05, 0) is 24.1 Å². The lowest BCUT2D eigenvalue weighted by molar-refractivity contribution is 0.0963. The number of carbonyl (C=O) groups excluding carboxylic acids is 1. The summed E-state index contributed by atoms with van der Waals surface area (Å²) in [6.07, 6.45) is 0.351. The van der Waals surface area contributed by atoms with Crippen LogP contribution in [0.3, 0.4) is 0 Å². The van der Waals surface area contributed by atoms with E-state index in [1.807, 2.05) is 13.8 Å². The molecule has 0 saturated heterocycles. The molecule has 15 heavy (non-hydrogen) atoms. The van der Waals surface area contributed by atoms with E-state index in [-0.39, 0.29) is 17.3 Å². The summed E-state index contributed by atoms with van der Waals surface area (Å²) in [4.78, 5) is 11.6. The first-order valence-electron chi connectivity index (χ1n) is 4.91. The molecule has 82 valence electrons. The number of hydrogen-bond acceptors (Lipinski definition) is 2. The predicted octanol–water partition coefficient (Wildman–Crippen LogP) is 3.06. The van der Waals surface area contributed by atoms with Gasteiger partial charge in [0, 0.05) is 6.42 Å². The minimum atomic E-state index is -0.485. The lowest BCUT2D eigenvalue weighted by Crippen LogP contribution is -2.06. The summed E-state index contributed by atoms with van der Waals surface area (Å²) in [5, 5.41) is 0. The normalized spacial score (nSPS) is 10.5. The van der Waals surface area contributed by atoms with Gasteiger partial charge in [0.1, 0.15) is 11.6 Å². The van der Waals surface area contributed by atoms with Crippen molar-refractivity contribution < 1.29 is 13.9 Å². The van der Waals surface area contributed by atoms with E-state index in [0.717, 1.165) is 0 Å². The molecule has 1 aromatic carbocycles. The highest BCUT2D eigenvalue weighted by molar-refractivity contribution is 5.96. The van der Waals surface area contributed by atoms with Gasteiger partial charge in [0.25, 0.3) is 0 Å². The average Bonchev–Trinajstić information content (AvgIpc) is 2.17. The van der Waals surface area contributed by atoms with Crippen LogP contribution in [-0.4, -0.2) is 12.9 Å². The van der Waals surface area contributed by atoms with Gasteiger partial charge in [-0.25, -0.2) is 4.39 Å². The van der Waals surface area contributed by atoms with Crippen molar-refractivity contribution in [1.29, 1.82) is 0 Å². The molecule has 0 atom stereocenters. The molecule has 0 saturated carbocycles. The Kier molecular flexibility index (Phi) is 3.83. The Morgan fingerprint density at radius 2 is 2.13 bits per heavy atom. The summed E-state index contributed by atoms with van der Waals surface area (Å²) in [6, 6.07) is 4.20. The van der Waals surface area contributed by atoms with E-state index in [1.54, 1.807) is 0 Å². The quantitative estimate of drug-likeness (QED) is 0.714. The Morgan fingerprint density at radius 3 is 2.67 bits per heavy atom. The molecule has 0 fully saturated rings. The zero-order valence-electron chi connectivity index (χ0n) is 9.21. The number of rotatable bonds is 4. The molecule has 2 nitrogen and oxygen atoms in total. The van der Waals surface area contributed by atoms with Crippen molar-refractivity contribution >= 4 is 5.78 Å². The Balaban J connectivity index is 2.96. The SMILES string of the molecule is COc1ccc(F)c(C(=O)CC(C)C)c1. The number of ether oxygens (including phenoxy) is 1. The van der Waals surface area contributed by atoms with Crippen molar-refractivity contribution in [3.05, 3.63) is 29.6 Å². The fourth-order valence-electron chi connectivity index (χ4n) is 1.33. The molecule has 1 rings (SSSR count). The largest absolute Gasteiger partial charge is 0.497 e. The van der Waals surface area contributed by atoms with E-state index in [9.17, 15) is 9.18 Å². The van der Waals surface area contributed by atoms with E-state index < -0.39 is 5.82 Å². The van der Waals surface area contributed by atoms with Gasteiger partial charge in [-0.2, -0.15) is 0 Å². The number of hydrogen-bond donors (Lipinski definition) is 0. The van der Waals surface area contributed by atoms with Crippen LogP contribution < -0.4 is 4.74 Å². The molecule has 0 heterocycles. The Morgan fingerprint density at radius 1 is 1.47 bits per heavy atom. The lowest BCUT2D eigenvalue weighted by atomic mass is 10.0. The van der Waals surface area contributed by atoms with Gasteiger partial charge >= 0.3 is 0 Å². The number of halogens is 1. The standard InChI is InChI=1S/C12H15FO2/c1-8(2)6-12(14)10-7-9(15-3)4-5-11(10)13/h4-5,7-8H,6H2,1-3H3. The molecule has 0 radical (unpaired) electrons. The molecule has 0 bridgehead atoms. The molecular formula is C12H15FO2. The second-order valence-corrected chi connectivity index (χ2v) is 3.87. The highest BCUT2D eigenvalue weighted by Gasteiger charge is 2.13. The fourth-order valence-corrected chi connectivity index (χ4v) is 1.33. The first-order chi connectivity index (χ1) is 7.04.